The van der Waals surface area contributed by atoms with E-state index < -0.39 is 0 Å². The quantitative estimate of drug-likeness (QED) is 0.618. The average molecular weight is 303 g/mol. The number of anilines is 1. The van der Waals surface area contributed by atoms with E-state index in [1.165, 1.54) is 6.92 Å². The Labute approximate surface area is 131 Å². The third kappa shape index (κ3) is 2.30. The Hall–Kier alpha value is -3.28. The smallest absolute Gasteiger partial charge is 0.221 e. The van der Waals surface area contributed by atoms with Crippen LogP contribution in [0, 0.1) is 0 Å². The van der Waals surface area contributed by atoms with E-state index in [0.717, 1.165) is 27.6 Å². The standard InChI is InChI=1S/C17H13N5O/c1-11(23)19-12-6-7-17-15(10-12)20-21-22(17)16-8-9-18-14-5-3-2-4-13(14)16/h2-10H,1H3,(H,19,23). The van der Waals surface area contributed by atoms with E-state index in [1.54, 1.807) is 10.9 Å². The van der Waals surface area contributed by atoms with Crippen molar-refractivity contribution in [2.45, 2.75) is 6.92 Å². The Kier molecular flexibility index (Phi) is 3.01. The predicted octanol–water partition coefficient (Wildman–Crippen LogP) is 2.93. The molecule has 1 amide bonds. The van der Waals surface area contributed by atoms with Gasteiger partial charge < -0.3 is 5.32 Å². The van der Waals surface area contributed by atoms with Gasteiger partial charge in [-0.15, -0.1) is 5.10 Å². The number of hydrogen-bond donors (Lipinski definition) is 1. The zero-order valence-electron chi connectivity index (χ0n) is 12.4. The number of aromatic nitrogens is 4. The molecule has 0 aliphatic rings. The summed E-state index contributed by atoms with van der Waals surface area (Å²) in [5.74, 6) is -0.114. The summed E-state index contributed by atoms with van der Waals surface area (Å²) in [6.45, 7) is 1.48. The Bertz CT molecular complexity index is 1030. The van der Waals surface area contributed by atoms with Crippen LogP contribution in [-0.2, 0) is 4.79 Å². The van der Waals surface area contributed by atoms with Gasteiger partial charge in [0, 0.05) is 24.2 Å². The number of nitrogens with zero attached hydrogens (tertiary/aromatic N) is 4. The summed E-state index contributed by atoms with van der Waals surface area (Å²) >= 11 is 0. The van der Waals surface area contributed by atoms with Crippen molar-refractivity contribution in [2.75, 3.05) is 5.32 Å². The molecule has 23 heavy (non-hydrogen) atoms. The maximum absolute atomic E-state index is 11.2. The van der Waals surface area contributed by atoms with Crippen molar-refractivity contribution < 1.29 is 4.79 Å². The Morgan fingerprint density at radius 3 is 2.83 bits per heavy atom. The van der Waals surface area contributed by atoms with Crippen LogP contribution in [0.3, 0.4) is 0 Å². The van der Waals surface area contributed by atoms with E-state index in [2.05, 4.69) is 20.6 Å². The number of carbonyl (C=O) groups excluding carboxylic acids is 1. The number of benzene rings is 2. The Morgan fingerprint density at radius 1 is 1.09 bits per heavy atom. The molecule has 0 aliphatic heterocycles. The second kappa shape index (κ2) is 5.17. The zero-order valence-corrected chi connectivity index (χ0v) is 12.4. The fraction of sp³-hybridized carbons (Fsp3) is 0.0588. The molecule has 2 heterocycles. The minimum absolute atomic E-state index is 0.114. The SMILES string of the molecule is CC(=O)Nc1ccc2c(c1)nnn2-c1ccnc2ccccc12. The van der Waals surface area contributed by atoms with Crippen LogP contribution >= 0.6 is 0 Å². The molecule has 4 rings (SSSR count). The molecule has 0 atom stereocenters. The highest BCUT2D eigenvalue weighted by molar-refractivity contribution is 5.93. The van der Waals surface area contributed by atoms with Crippen molar-refractivity contribution in [1.82, 2.24) is 20.0 Å². The molecule has 112 valence electrons. The molecule has 0 unspecified atom stereocenters. The van der Waals surface area contributed by atoms with E-state index in [4.69, 9.17) is 0 Å². The third-order valence-electron chi connectivity index (χ3n) is 3.62. The van der Waals surface area contributed by atoms with Gasteiger partial charge in [-0.05, 0) is 30.3 Å². The maximum atomic E-state index is 11.2. The number of carbonyl (C=O) groups is 1. The van der Waals surface area contributed by atoms with Gasteiger partial charge in [-0.3, -0.25) is 9.78 Å². The summed E-state index contributed by atoms with van der Waals surface area (Å²) in [6.07, 6.45) is 1.76. The summed E-state index contributed by atoms with van der Waals surface area (Å²) in [6, 6.07) is 15.4. The molecule has 6 nitrogen and oxygen atoms in total. The lowest BCUT2D eigenvalue weighted by atomic mass is 10.2. The van der Waals surface area contributed by atoms with Crippen LogP contribution in [0.15, 0.2) is 54.7 Å². The molecule has 4 aromatic rings. The number of para-hydroxylation sites is 1. The second-order valence-electron chi connectivity index (χ2n) is 5.23. The van der Waals surface area contributed by atoms with E-state index in [9.17, 15) is 4.79 Å². The van der Waals surface area contributed by atoms with Gasteiger partial charge in [0.25, 0.3) is 0 Å². The van der Waals surface area contributed by atoms with Crippen LogP contribution in [0.1, 0.15) is 6.92 Å². The average Bonchev–Trinajstić information content (AvgIpc) is 2.96. The third-order valence-corrected chi connectivity index (χ3v) is 3.62. The normalized spacial score (nSPS) is 11.0. The van der Waals surface area contributed by atoms with Crippen LogP contribution in [0.2, 0.25) is 0 Å². The number of amides is 1. The van der Waals surface area contributed by atoms with Crippen molar-refractivity contribution in [3.8, 4) is 5.69 Å². The lowest BCUT2D eigenvalue weighted by Crippen LogP contribution is -2.05. The fourth-order valence-corrected chi connectivity index (χ4v) is 2.65. The van der Waals surface area contributed by atoms with Crippen LogP contribution in [0.5, 0.6) is 0 Å². The lowest BCUT2D eigenvalue weighted by Gasteiger charge is -2.06. The molecule has 0 fully saturated rings. The molecule has 1 N–H and O–H groups in total. The van der Waals surface area contributed by atoms with E-state index >= 15 is 0 Å². The summed E-state index contributed by atoms with van der Waals surface area (Å²) < 4.78 is 1.79. The van der Waals surface area contributed by atoms with Gasteiger partial charge in [0.1, 0.15) is 5.52 Å². The highest BCUT2D eigenvalue weighted by Crippen LogP contribution is 2.24. The number of hydrogen-bond acceptors (Lipinski definition) is 4. The second-order valence-corrected chi connectivity index (χ2v) is 5.23. The minimum atomic E-state index is -0.114. The molecule has 0 saturated carbocycles. The molecular weight excluding hydrogens is 290 g/mol. The largest absolute Gasteiger partial charge is 0.326 e. The first kappa shape index (κ1) is 13.4. The Morgan fingerprint density at radius 2 is 1.96 bits per heavy atom. The number of fused-ring (bicyclic) bond motifs is 2. The van der Waals surface area contributed by atoms with Crippen LogP contribution in [0.25, 0.3) is 27.6 Å². The van der Waals surface area contributed by atoms with Gasteiger partial charge in [0.05, 0.1) is 16.7 Å². The van der Waals surface area contributed by atoms with E-state index in [0.29, 0.717) is 5.69 Å². The molecule has 0 spiro atoms. The minimum Gasteiger partial charge on any atom is -0.326 e. The van der Waals surface area contributed by atoms with E-state index in [-0.39, 0.29) is 5.91 Å². The predicted molar refractivity (Wildman–Crippen MR) is 88.5 cm³/mol. The summed E-state index contributed by atoms with van der Waals surface area (Å²) in [5, 5.41) is 12.2. The first-order valence-corrected chi connectivity index (χ1v) is 7.19. The molecule has 6 heteroatoms. The van der Waals surface area contributed by atoms with Gasteiger partial charge in [-0.25, -0.2) is 4.68 Å². The summed E-state index contributed by atoms with van der Waals surface area (Å²) in [4.78, 5) is 15.5. The topological polar surface area (TPSA) is 72.7 Å². The van der Waals surface area contributed by atoms with Crippen molar-refractivity contribution in [3.63, 3.8) is 0 Å². The number of pyridine rings is 1. The molecule has 0 radical (unpaired) electrons. The number of nitrogens with one attached hydrogen (secondary N) is 1. The molecule has 0 aliphatic carbocycles. The van der Waals surface area contributed by atoms with Gasteiger partial charge in [0.2, 0.25) is 5.91 Å². The zero-order chi connectivity index (χ0) is 15.8. The Balaban J connectivity index is 1.90. The molecular formula is C17H13N5O. The van der Waals surface area contributed by atoms with E-state index in [1.807, 2.05) is 48.5 Å². The number of rotatable bonds is 2. The van der Waals surface area contributed by atoms with Crippen LogP contribution in [-0.4, -0.2) is 25.9 Å². The van der Waals surface area contributed by atoms with Crippen molar-refractivity contribution in [3.05, 3.63) is 54.7 Å². The van der Waals surface area contributed by atoms with Gasteiger partial charge >= 0.3 is 0 Å². The van der Waals surface area contributed by atoms with Crippen LogP contribution in [0.4, 0.5) is 5.69 Å². The molecule has 2 aromatic carbocycles. The first-order chi connectivity index (χ1) is 11.2. The highest BCUT2D eigenvalue weighted by atomic mass is 16.1. The van der Waals surface area contributed by atoms with Gasteiger partial charge in [-0.1, -0.05) is 23.4 Å². The lowest BCUT2D eigenvalue weighted by molar-refractivity contribution is -0.114. The van der Waals surface area contributed by atoms with Crippen LogP contribution < -0.4 is 5.32 Å². The first-order valence-electron chi connectivity index (χ1n) is 7.19. The molecule has 2 aromatic heterocycles. The molecule has 0 saturated heterocycles. The van der Waals surface area contributed by atoms with Crippen molar-refractivity contribution >= 4 is 33.5 Å². The van der Waals surface area contributed by atoms with Gasteiger partial charge in [0.15, 0.2) is 0 Å². The summed E-state index contributed by atoms with van der Waals surface area (Å²) in [7, 11) is 0. The molecule has 0 bridgehead atoms. The monoisotopic (exact) mass is 303 g/mol. The van der Waals surface area contributed by atoms with Crippen molar-refractivity contribution in [2.24, 2.45) is 0 Å². The highest BCUT2D eigenvalue weighted by Gasteiger charge is 2.10. The fourth-order valence-electron chi connectivity index (χ4n) is 2.65. The maximum Gasteiger partial charge on any atom is 0.221 e. The van der Waals surface area contributed by atoms with Gasteiger partial charge in [-0.2, -0.15) is 0 Å². The van der Waals surface area contributed by atoms with Crippen molar-refractivity contribution in [1.29, 1.82) is 0 Å². The summed E-state index contributed by atoms with van der Waals surface area (Å²) in [5.41, 5.74) is 4.12.